The van der Waals surface area contributed by atoms with Crippen LogP contribution in [-0.2, 0) is 24.3 Å². The SMILES string of the molecule is NC(OC(=O)C(F)(F)F)c1ccc(S(=O)(=O)N2C[C@@H](C(=O)N3CCNCC3)C[C@@H](c3ccccc3)C2)s1. The maximum atomic E-state index is 13.6. The van der Waals surface area contributed by atoms with Gasteiger partial charge in [0.1, 0.15) is 4.21 Å². The Balaban J connectivity index is 1.57. The summed E-state index contributed by atoms with van der Waals surface area (Å²) in [5, 5.41) is 3.19. The Bertz CT molecular complexity index is 1220. The fraction of sp³-hybridized carbons (Fsp3) is 0.478. The molecule has 2 fully saturated rings. The third-order valence-corrected chi connectivity index (χ3v) is 9.85. The number of benzene rings is 1. The summed E-state index contributed by atoms with van der Waals surface area (Å²) in [5.74, 6) is -3.35. The van der Waals surface area contributed by atoms with E-state index in [1.165, 1.54) is 16.4 Å². The number of alkyl halides is 3. The molecule has 2 aromatic rings. The Morgan fingerprint density at radius 3 is 2.41 bits per heavy atom. The summed E-state index contributed by atoms with van der Waals surface area (Å²) >= 11 is 0.626. The van der Waals surface area contributed by atoms with E-state index in [0.29, 0.717) is 43.9 Å². The van der Waals surface area contributed by atoms with E-state index in [1.54, 1.807) is 4.90 Å². The minimum absolute atomic E-state index is 0.0171. The van der Waals surface area contributed by atoms with E-state index in [4.69, 9.17) is 5.73 Å². The zero-order valence-electron chi connectivity index (χ0n) is 19.7. The van der Waals surface area contributed by atoms with Crippen LogP contribution < -0.4 is 11.1 Å². The van der Waals surface area contributed by atoms with E-state index in [1.807, 2.05) is 30.3 Å². The Hall–Kier alpha value is -2.52. The minimum atomic E-state index is -5.23. The molecule has 37 heavy (non-hydrogen) atoms. The van der Waals surface area contributed by atoms with Crippen LogP contribution in [0, 0.1) is 5.92 Å². The van der Waals surface area contributed by atoms with Crippen molar-refractivity contribution in [2.24, 2.45) is 11.7 Å². The molecule has 1 amide bonds. The average Bonchev–Trinajstić information content (AvgIpc) is 3.40. The second-order valence-electron chi connectivity index (χ2n) is 8.92. The molecular formula is C23H27F3N4O5S2. The van der Waals surface area contributed by atoms with Crippen molar-refractivity contribution in [2.75, 3.05) is 39.3 Å². The van der Waals surface area contributed by atoms with Crippen LogP contribution in [0.25, 0.3) is 0 Å². The minimum Gasteiger partial charge on any atom is -0.435 e. The van der Waals surface area contributed by atoms with Crippen LogP contribution in [0.5, 0.6) is 0 Å². The van der Waals surface area contributed by atoms with Gasteiger partial charge in [-0.05, 0) is 30.0 Å². The van der Waals surface area contributed by atoms with Gasteiger partial charge in [0.15, 0.2) is 6.23 Å². The molecule has 3 N–H and O–H groups in total. The highest BCUT2D eigenvalue weighted by Crippen LogP contribution is 2.36. The monoisotopic (exact) mass is 560 g/mol. The number of nitrogens with zero attached hydrogens (tertiary/aromatic N) is 2. The highest BCUT2D eigenvalue weighted by Gasteiger charge is 2.43. The second kappa shape index (κ2) is 11.1. The molecule has 2 aliphatic heterocycles. The third kappa shape index (κ3) is 6.32. The Labute approximate surface area is 216 Å². The van der Waals surface area contributed by atoms with Crippen molar-refractivity contribution in [1.29, 1.82) is 0 Å². The normalized spacial score (nSPS) is 22.4. The van der Waals surface area contributed by atoms with Crippen LogP contribution >= 0.6 is 11.3 Å². The van der Waals surface area contributed by atoms with Gasteiger partial charge in [0.05, 0.1) is 10.8 Å². The third-order valence-electron chi connectivity index (χ3n) is 6.41. The van der Waals surface area contributed by atoms with Crippen molar-refractivity contribution in [3.8, 4) is 0 Å². The molecule has 2 aliphatic rings. The summed E-state index contributed by atoms with van der Waals surface area (Å²) in [6.45, 7) is 2.54. The van der Waals surface area contributed by atoms with Crippen molar-refractivity contribution >= 4 is 33.2 Å². The first kappa shape index (κ1) is 27.5. The zero-order valence-corrected chi connectivity index (χ0v) is 21.3. The highest BCUT2D eigenvalue weighted by atomic mass is 32.2. The standard InChI is InChI=1S/C23H27F3N4O5S2/c24-23(25,26)22(32)35-20(27)18-6-7-19(36-18)37(33,34)30-13-16(15-4-2-1-3-5-15)12-17(14-30)21(31)29-10-8-28-9-11-29/h1-7,16-17,20,28H,8-14,27H2/t16-,17+,20?/m1/s1. The molecule has 2 saturated heterocycles. The Morgan fingerprint density at radius 2 is 1.76 bits per heavy atom. The quantitative estimate of drug-likeness (QED) is 0.410. The van der Waals surface area contributed by atoms with Crippen molar-refractivity contribution in [3.05, 3.63) is 52.9 Å². The summed E-state index contributed by atoms with van der Waals surface area (Å²) < 4.78 is 70.0. The van der Waals surface area contributed by atoms with Crippen LogP contribution in [0.2, 0.25) is 0 Å². The number of thiophene rings is 1. The summed E-state index contributed by atoms with van der Waals surface area (Å²) in [6, 6.07) is 11.8. The number of hydrogen-bond donors (Lipinski definition) is 2. The van der Waals surface area contributed by atoms with Gasteiger partial charge in [-0.2, -0.15) is 17.5 Å². The summed E-state index contributed by atoms with van der Waals surface area (Å²) in [7, 11) is -4.12. The van der Waals surface area contributed by atoms with Gasteiger partial charge >= 0.3 is 12.1 Å². The topological polar surface area (TPSA) is 122 Å². The number of hydrogen-bond acceptors (Lipinski definition) is 8. The van der Waals surface area contributed by atoms with Gasteiger partial charge in [-0.15, -0.1) is 11.3 Å². The first-order valence-corrected chi connectivity index (χ1v) is 13.9. The molecule has 3 atom stereocenters. The van der Waals surface area contributed by atoms with Gasteiger partial charge in [0, 0.05) is 39.3 Å². The number of ether oxygens (including phenoxy) is 1. The van der Waals surface area contributed by atoms with Gasteiger partial charge in [0.25, 0.3) is 10.0 Å². The molecule has 0 saturated carbocycles. The fourth-order valence-corrected chi connectivity index (χ4v) is 7.48. The molecular weight excluding hydrogens is 533 g/mol. The number of carbonyl (C=O) groups excluding carboxylic acids is 2. The fourth-order valence-electron chi connectivity index (χ4n) is 4.54. The Morgan fingerprint density at radius 1 is 1.08 bits per heavy atom. The van der Waals surface area contributed by atoms with E-state index >= 15 is 0 Å². The predicted octanol–water partition coefficient (Wildman–Crippen LogP) is 2.04. The first-order chi connectivity index (χ1) is 17.5. The maximum Gasteiger partial charge on any atom is 0.490 e. The number of piperidine rings is 1. The van der Waals surface area contributed by atoms with Crippen molar-refractivity contribution in [1.82, 2.24) is 14.5 Å². The number of halogens is 3. The highest BCUT2D eigenvalue weighted by molar-refractivity contribution is 7.91. The maximum absolute atomic E-state index is 13.6. The number of piperazine rings is 1. The molecule has 0 radical (unpaired) electrons. The van der Waals surface area contributed by atoms with E-state index in [2.05, 4.69) is 10.1 Å². The van der Waals surface area contributed by atoms with Gasteiger partial charge in [0.2, 0.25) is 5.91 Å². The van der Waals surface area contributed by atoms with Gasteiger partial charge < -0.3 is 15.0 Å². The molecule has 14 heteroatoms. The van der Waals surface area contributed by atoms with Gasteiger partial charge in [-0.3, -0.25) is 10.5 Å². The van der Waals surface area contributed by atoms with E-state index < -0.39 is 34.3 Å². The number of carbonyl (C=O) groups is 2. The van der Waals surface area contributed by atoms with Crippen molar-refractivity contribution in [2.45, 2.75) is 29.0 Å². The van der Waals surface area contributed by atoms with Crippen molar-refractivity contribution < 1.29 is 35.9 Å². The lowest BCUT2D eigenvalue weighted by Gasteiger charge is -2.39. The molecule has 0 aliphatic carbocycles. The van der Waals surface area contributed by atoms with Gasteiger partial charge in [-0.1, -0.05) is 30.3 Å². The van der Waals surface area contributed by atoms with Crippen LogP contribution in [0.1, 0.15) is 29.0 Å². The molecule has 1 aromatic carbocycles. The predicted molar refractivity (Wildman–Crippen MR) is 129 cm³/mol. The largest absolute Gasteiger partial charge is 0.490 e. The number of nitrogens with one attached hydrogen (secondary N) is 1. The molecule has 0 spiro atoms. The second-order valence-corrected chi connectivity index (χ2v) is 12.2. The number of nitrogens with two attached hydrogens (primary N) is 1. The lowest BCUT2D eigenvalue weighted by molar-refractivity contribution is -0.204. The van der Waals surface area contributed by atoms with E-state index in [9.17, 15) is 31.2 Å². The zero-order chi connectivity index (χ0) is 26.8. The first-order valence-electron chi connectivity index (χ1n) is 11.6. The van der Waals surface area contributed by atoms with E-state index in [0.717, 1.165) is 5.56 Å². The van der Waals surface area contributed by atoms with Crippen LogP contribution in [0.15, 0.2) is 46.7 Å². The lowest BCUT2D eigenvalue weighted by atomic mass is 9.85. The molecule has 4 rings (SSSR count). The van der Waals surface area contributed by atoms with Crippen LogP contribution in [0.3, 0.4) is 0 Å². The smallest absolute Gasteiger partial charge is 0.435 e. The number of amides is 1. The molecule has 0 bridgehead atoms. The number of rotatable bonds is 6. The van der Waals surface area contributed by atoms with Crippen LogP contribution in [0.4, 0.5) is 13.2 Å². The number of sulfonamides is 1. The Kier molecular flexibility index (Phi) is 8.23. The summed E-state index contributed by atoms with van der Waals surface area (Å²) in [5.41, 5.74) is 6.48. The molecule has 1 unspecified atom stereocenters. The molecule has 1 aromatic heterocycles. The molecule has 9 nitrogen and oxygen atoms in total. The van der Waals surface area contributed by atoms with Crippen LogP contribution in [-0.4, -0.2) is 74.9 Å². The lowest BCUT2D eigenvalue weighted by Crippen LogP contribution is -2.53. The summed E-state index contributed by atoms with van der Waals surface area (Å²) in [6.07, 6.45) is -6.51. The van der Waals surface area contributed by atoms with E-state index in [-0.39, 0.29) is 34.0 Å². The average molecular weight is 561 g/mol. The summed E-state index contributed by atoms with van der Waals surface area (Å²) in [4.78, 5) is 26.1. The van der Waals surface area contributed by atoms with Crippen molar-refractivity contribution in [3.63, 3.8) is 0 Å². The van der Waals surface area contributed by atoms with Gasteiger partial charge in [-0.25, -0.2) is 13.2 Å². The molecule has 202 valence electrons. The number of esters is 1. The molecule has 3 heterocycles.